The fourth-order valence-corrected chi connectivity index (χ4v) is 5.39. The van der Waals surface area contributed by atoms with Crippen LogP contribution in [0.3, 0.4) is 0 Å². The van der Waals surface area contributed by atoms with Gasteiger partial charge in [-0.2, -0.15) is 8.78 Å². The summed E-state index contributed by atoms with van der Waals surface area (Å²) in [6.45, 7) is 1.83. The van der Waals surface area contributed by atoms with Gasteiger partial charge >= 0.3 is 5.76 Å². The van der Waals surface area contributed by atoms with Crippen LogP contribution in [0.5, 0.6) is 0 Å². The first-order chi connectivity index (χ1) is 14.2. The summed E-state index contributed by atoms with van der Waals surface area (Å²) >= 11 is 0. The summed E-state index contributed by atoms with van der Waals surface area (Å²) in [5, 5.41) is 0. The maximum absolute atomic E-state index is 13.1. The molecule has 1 saturated carbocycles. The van der Waals surface area contributed by atoms with Crippen molar-refractivity contribution in [1.29, 1.82) is 0 Å². The monoisotopic (exact) mass is 434 g/mol. The molecular formula is C22H24F2N2O3S. The van der Waals surface area contributed by atoms with Crippen molar-refractivity contribution in [1.82, 2.24) is 9.62 Å². The Labute approximate surface area is 175 Å². The molecule has 8 heteroatoms. The lowest BCUT2D eigenvalue weighted by atomic mass is 9.92. The number of amides is 1. The molecule has 160 valence electrons. The van der Waals surface area contributed by atoms with Gasteiger partial charge in [-0.15, -0.1) is 0 Å². The van der Waals surface area contributed by atoms with Crippen molar-refractivity contribution in [2.45, 2.75) is 44.0 Å². The van der Waals surface area contributed by atoms with Gasteiger partial charge in [0, 0.05) is 24.9 Å². The lowest BCUT2D eigenvalue weighted by molar-refractivity contribution is -0.129. The number of carbonyl (C=O) groups is 1. The van der Waals surface area contributed by atoms with Crippen molar-refractivity contribution < 1.29 is 22.0 Å². The van der Waals surface area contributed by atoms with Gasteiger partial charge in [0.15, 0.2) is 0 Å². The molecule has 0 radical (unpaired) electrons. The summed E-state index contributed by atoms with van der Waals surface area (Å²) < 4.78 is 52.3. The average Bonchev–Trinajstić information content (AvgIpc) is 3.44. The number of carbonyl (C=O) groups excluding carboxylic acids is 1. The Bertz CT molecular complexity index is 1040. The largest absolute Gasteiger partial charge is 0.350 e. The minimum atomic E-state index is -4.76. The molecular weight excluding hydrogens is 410 g/mol. The van der Waals surface area contributed by atoms with E-state index >= 15 is 0 Å². The summed E-state index contributed by atoms with van der Waals surface area (Å²) in [5.41, 5.74) is 2.52. The fourth-order valence-electron chi connectivity index (χ4n) is 4.53. The van der Waals surface area contributed by atoms with Crippen LogP contribution in [0.4, 0.5) is 8.78 Å². The van der Waals surface area contributed by atoms with Crippen LogP contribution in [0.1, 0.15) is 25.3 Å². The molecule has 2 aromatic carbocycles. The number of nitrogens with one attached hydrogen (secondary N) is 1. The number of sulfonamides is 1. The van der Waals surface area contributed by atoms with Crippen molar-refractivity contribution in [3.63, 3.8) is 0 Å². The van der Waals surface area contributed by atoms with Crippen molar-refractivity contribution in [2.75, 3.05) is 6.54 Å². The van der Waals surface area contributed by atoms with Gasteiger partial charge < -0.3 is 4.90 Å². The highest BCUT2D eigenvalue weighted by Crippen LogP contribution is 2.55. The zero-order valence-electron chi connectivity index (χ0n) is 16.6. The molecule has 4 rings (SSSR count). The molecule has 1 spiro atoms. The fraction of sp³-hybridized carbons (Fsp3) is 0.409. The summed E-state index contributed by atoms with van der Waals surface area (Å²) in [7, 11) is -4.76. The van der Waals surface area contributed by atoms with E-state index < -0.39 is 33.3 Å². The predicted molar refractivity (Wildman–Crippen MR) is 110 cm³/mol. The molecule has 1 amide bonds. The lowest BCUT2D eigenvalue weighted by Crippen LogP contribution is -2.50. The van der Waals surface area contributed by atoms with E-state index in [0.29, 0.717) is 25.8 Å². The molecule has 2 aliphatic rings. The molecule has 30 heavy (non-hydrogen) atoms. The minimum absolute atomic E-state index is 0.177. The van der Waals surface area contributed by atoms with Gasteiger partial charge in [0.05, 0.1) is 6.04 Å². The van der Waals surface area contributed by atoms with Crippen LogP contribution < -0.4 is 4.72 Å². The molecule has 1 aliphatic carbocycles. The quantitative estimate of drug-likeness (QED) is 0.758. The van der Waals surface area contributed by atoms with Crippen LogP contribution >= 0.6 is 0 Å². The van der Waals surface area contributed by atoms with Gasteiger partial charge in [-0.05, 0) is 36.0 Å². The Hall–Kier alpha value is -2.32. The van der Waals surface area contributed by atoms with Crippen molar-refractivity contribution >= 4 is 15.9 Å². The molecule has 2 fully saturated rings. The van der Waals surface area contributed by atoms with Gasteiger partial charge in [0.25, 0.3) is 10.0 Å². The Morgan fingerprint density at radius 3 is 2.40 bits per heavy atom. The molecule has 1 heterocycles. The second-order valence-electron chi connectivity index (χ2n) is 8.25. The molecule has 0 bridgehead atoms. The standard InChI is InChI=1S/C22H24F2N2O3S/c1-15(27)26-14-22(10-11-22)20(25-30(28,29)21(23)24)19(26)13-16-6-5-9-18(12-16)17-7-3-2-4-8-17/h2-9,12,19-21,25H,10-11,13-14H2,1H3/t19-,20+/m0/s1. The Morgan fingerprint density at radius 1 is 1.13 bits per heavy atom. The number of rotatable bonds is 6. The van der Waals surface area contributed by atoms with E-state index in [1.165, 1.54) is 6.92 Å². The van der Waals surface area contributed by atoms with Gasteiger partial charge in [0.2, 0.25) is 5.91 Å². The number of likely N-dealkylation sites (tertiary alicyclic amines) is 1. The predicted octanol–water partition coefficient (Wildman–Crippen LogP) is 3.42. The number of halogens is 2. The summed E-state index contributed by atoms with van der Waals surface area (Å²) in [6, 6.07) is 16.4. The molecule has 1 saturated heterocycles. The molecule has 0 unspecified atom stereocenters. The maximum atomic E-state index is 13.1. The highest BCUT2D eigenvalue weighted by atomic mass is 32.2. The van der Waals surface area contributed by atoms with Crippen LogP contribution in [0.15, 0.2) is 54.6 Å². The van der Waals surface area contributed by atoms with E-state index in [-0.39, 0.29) is 5.91 Å². The minimum Gasteiger partial charge on any atom is -0.337 e. The average molecular weight is 435 g/mol. The van der Waals surface area contributed by atoms with Crippen LogP contribution in [0.2, 0.25) is 0 Å². The SMILES string of the molecule is CC(=O)N1CC2(CC2)[C@H](NS(=O)(=O)C(F)F)[C@@H]1Cc1cccc(-c2ccccc2)c1. The van der Waals surface area contributed by atoms with Gasteiger partial charge in [0.1, 0.15) is 0 Å². The number of alkyl halides is 2. The Kier molecular flexibility index (Phi) is 5.40. The zero-order valence-corrected chi connectivity index (χ0v) is 17.4. The first-order valence-electron chi connectivity index (χ1n) is 9.93. The van der Waals surface area contributed by atoms with Crippen LogP contribution in [-0.2, 0) is 21.2 Å². The zero-order chi connectivity index (χ0) is 21.5. The highest BCUT2D eigenvalue weighted by molar-refractivity contribution is 7.89. The molecule has 2 atom stereocenters. The normalized spacial score (nSPS) is 22.6. The third-order valence-electron chi connectivity index (χ3n) is 6.23. The Morgan fingerprint density at radius 2 is 1.80 bits per heavy atom. The maximum Gasteiger partial charge on any atom is 0.350 e. The van der Waals surface area contributed by atoms with E-state index in [2.05, 4.69) is 4.72 Å². The summed E-state index contributed by atoms with van der Waals surface area (Å²) in [4.78, 5) is 13.9. The number of hydrogen-bond acceptors (Lipinski definition) is 3. The second kappa shape index (κ2) is 7.74. The van der Waals surface area contributed by atoms with Crippen LogP contribution in [-0.4, -0.2) is 43.6 Å². The molecule has 0 aromatic heterocycles. The number of hydrogen-bond donors (Lipinski definition) is 1. The second-order valence-corrected chi connectivity index (χ2v) is 9.93. The van der Waals surface area contributed by atoms with E-state index in [1.807, 2.05) is 54.6 Å². The van der Waals surface area contributed by atoms with Crippen LogP contribution in [0.25, 0.3) is 11.1 Å². The number of nitrogens with zero attached hydrogens (tertiary/aromatic N) is 1. The Balaban J connectivity index is 1.65. The van der Waals surface area contributed by atoms with E-state index in [1.54, 1.807) is 4.90 Å². The first kappa shape index (κ1) is 20.9. The van der Waals surface area contributed by atoms with Gasteiger partial charge in [-0.1, -0.05) is 54.6 Å². The number of benzene rings is 2. The summed E-state index contributed by atoms with van der Waals surface area (Å²) in [5.74, 6) is -3.68. The van der Waals surface area contributed by atoms with Gasteiger partial charge in [-0.3, -0.25) is 4.79 Å². The molecule has 5 nitrogen and oxygen atoms in total. The highest BCUT2D eigenvalue weighted by Gasteiger charge is 2.61. The molecule has 1 aliphatic heterocycles. The lowest BCUT2D eigenvalue weighted by Gasteiger charge is -2.29. The third-order valence-corrected chi connectivity index (χ3v) is 7.28. The van der Waals surface area contributed by atoms with Crippen molar-refractivity contribution in [3.05, 3.63) is 60.2 Å². The topological polar surface area (TPSA) is 66.5 Å². The molecule has 1 N–H and O–H groups in total. The van der Waals surface area contributed by atoms with Gasteiger partial charge in [-0.25, -0.2) is 13.1 Å². The first-order valence-corrected chi connectivity index (χ1v) is 11.5. The smallest absolute Gasteiger partial charge is 0.337 e. The third kappa shape index (κ3) is 3.98. The molecule has 2 aromatic rings. The van der Waals surface area contributed by atoms with E-state index in [0.717, 1.165) is 16.7 Å². The summed E-state index contributed by atoms with van der Waals surface area (Å²) in [6.07, 6.45) is 1.82. The van der Waals surface area contributed by atoms with Crippen molar-refractivity contribution in [2.24, 2.45) is 5.41 Å². The van der Waals surface area contributed by atoms with Crippen LogP contribution in [0, 0.1) is 5.41 Å². The van der Waals surface area contributed by atoms with E-state index in [9.17, 15) is 22.0 Å². The van der Waals surface area contributed by atoms with Crippen molar-refractivity contribution in [3.8, 4) is 11.1 Å². The van der Waals surface area contributed by atoms with E-state index in [4.69, 9.17) is 0 Å².